The summed E-state index contributed by atoms with van der Waals surface area (Å²) in [5.74, 6) is 0.609. The molecule has 0 fully saturated rings. The zero-order chi connectivity index (χ0) is 18.2. The fourth-order valence-corrected chi connectivity index (χ4v) is 3.00. The predicted octanol–water partition coefficient (Wildman–Crippen LogP) is 3.57. The lowest BCUT2D eigenvalue weighted by molar-refractivity contribution is -0.116. The molecule has 0 saturated heterocycles. The Bertz CT molecular complexity index is 734. The van der Waals surface area contributed by atoms with Crippen molar-refractivity contribution in [2.45, 2.75) is 12.8 Å². The number of methoxy groups -OCH3 is 2. The second-order valence-corrected chi connectivity index (χ2v) is 6.43. The molecule has 0 aliphatic rings. The number of ether oxygens (including phenoxy) is 2. The number of carbonyl (C=O) groups is 2. The van der Waals surface area contributed by atoms with Gasteiger partial charge in [0.15, 0.2) is 0 Å². The van der Waals surface area contributed by atoms with Crippen LogP contribution in [0.5, 0.6) is 11.5 Å². The number of hydrogen-bond acceptors (Lipinski definition) is 5. The molecule has 2 amide bonds. The summed E-state index contributed by atoms with van der Waals surface area (Å²) in [5, 5.41) is 7.75. The molecule has 6 nitrogen and oxygen atoms in total. The number of anilines is 1. The number of carbonyl (C=O) groups excluding carboxylic acids is 2. The number of halogens is 1. The second kappa shape index (κ2) is 9.29. The van der Waals surface area contributed by atoms with Crippen LogP contribution in [0.25, 0.3) is 0 Å². The highest BCUT2D eigenvalue weighted by molar-refractivity contribution is 7.12. The Morgan fingerprint density at radius 3 is 2.60 bits per heavy atom. The van der Waals surface area contributed by atoms with Crippen LogP contribution in [0.3, 0.4) is 0 Å². The monoisotopic (exact) mass is 382 g/mol. The topological polar surface area (TPSA) is 76.7 Å². The minimum Gasteiger partial charge on any atom is -0.495 e. The van der Waals surface area contributed by atoms with Crippen LogP contribution in [-0.4, -0.2) is 32.6 Å². The molecule has 8 heteroatoms. The van der Waals surface area contributed by atoms with Gasteiger partial charge in [0.2, 0.25) is 5.91 Å². The minimum absolute atomic E-state index is 0.126. The van der Waals surface area contributed by atoms with E-state index in [9.17, 15) is 9.59 Å². The lowest BCUT2D eigenvalue weighted by atomic mass is 10.2. The summed E-state index contributed by atoms with van der Waals surface area (Å²) in [4.78, 5) is 24.5. The largest absolute Gasteiger partial charge is 0.495 e. The Morgan fingerprint density at radius 1 is 1.20 bits per heavy atom. The standard InChI is InChI=1S/C17H19ClN2O4S/c1-23-13-10-14(24-2)12(9-11(13)18)20-16(21)6-3-7-19-17(22)15-5-4-8-25-15/h4-5,8-10H,3,6-7H2,1-2H3,(H,19,22)(H,20,21). The van der Waals surface area contributed by atoms with Gasteiger partial charge in [-0.25, -0.2) is 0 Å². The molecule has 1 aromatic heterocycles. The molecule has 1 heterocycles. The molecule has 134 valence electrons. The number of nitrogens with one attached hydrogen (secondary N) is 2. The van der Waals surface area contributed by atoms with E-state index in [1.165, 1.54) is 25.6 Å². The van der Waals surface area contributed by atoms with Gasteiger partial charge in [-0.15, -0.1) is 11.3 Å². The van der Waals surface area contributed by atoms with Crippen molar-refractivity contribution < 1.29 is 19.1 Å². The number of rotatable bonds is 8. The fourth-order valence-electron chi connectivity index (χ4n) is 2.12. The van der Waals surface area contributed by atoms with Gasteiger partial charge in [-0.1, -0.05) is 17.7 Å². The van der Waals surface area contributed by atoms with E-state index in [0.717, 1.165) is 0 Å². The van der Waals surface area contributed by atoms with Crippen LogP contribution in [-0.2, 0) is 4.79 Å². The van der Waals surface area contributed by atoms with Crippen LogP contribution in [0.15, 0.2) is 29.6 Å². The Labute approximate surface area is 155 Å². The van der Waals surface area contributed by atoms with Crippen molar-refractivity contribution in [1.29, 1.82) is 0 Å². The van der Waals surface area contributed by atoms with Gasteiger partial charge in [-0.05, 0) is 23.9 Å². The van der Waals surface area contributed by atoms with Crippen molar-refractivity contribution in [3.63, 3.8) is 0 Å². The van der Waals surface area contributed by atoms with Gasteiger partial charge in [0.25, 0.3) is 5.91 Å². The first-order valence-electron chi connectivity index (χ1n) is 7.58. The molecule has 2 N–H and O–H groups in total. The summed E-state index contributed by atoms with van der Waals surface area (Å²) in [6.45, 7) is 0.421. The molecule has 0 radical (unpaired) electrons. The Morgan fingerprint density at radius 2 is 1.96 bits per heavy atom. The van der Waals surface area contributed by atoms with Crippen molar-refractivity contribution in [3.05, 3.63) is 39.5 Å². The van der Waals surface area contributed by atoms with Gasteiger partial charge in [0, 0.05) is 19.0 Å². The van der Waals surface area contributed by atoms with Crippen molar-refractivity contribution >= 4 is 40.4 Å². The minimum atomic E-state index is -0.190. The Hall–Kier alpha value is -2.25. The zero-order valence-electron chi connectivity index (χ0n) is 13.9. The molecule has 25 heavy (non-hydrogen) atoms. The third-order valence-electron chi connectivity index (χ3n) is 3.36. The summed E-state index contributed by atoms with van der Waals surface area (Å²) in [6.07, 6.45) is 0.784. The van der Waals surface area contributed by atoms with Crippen molar-refractivity contribution in [1.82, 2.24) is 5.32 Å². The maximum Gasteiger partial charge on any atom is 0.261 e. The number of hydrogen-bond donors (Lipinski definition) is 2. The van der Waals surface area contributed by atoms with E-state index in [-0.39, 0.29) is 18.2 Å². The third-order valence-corrected chi connectivity index (χ3v) is 4.52. The van der Waals surface area contributed by atoms with Crippen LogP contribution < -0.4 is 20.1 Å². The average molecular weight is 383 g/mol. The van der Waals surface area contributed by atoms with E-state index in [4.69, 9.17) is 21.1 Å². The molecule has 2 aromatic rings. The van der Waals surface area contributed by atoms with Crippen molar-refractivity contribution in [2.75, 3.05) is 26.1 Å². The molecular weight excluding hydrogens is 364 g/mol. The van der Waals surface area contributed by atoms with Gasteiger partial charge in [-0.3, -0.25) is 9.59 Å². The van der Waals surface area contributed by atoms with E-state index in [0.29, 0.717) is 40.1 Å². The lowest BCUT2D eigenvalue weighted by Crippen LogP contribution is -2.24. The molecule has 2 rings (SSSR count). The van der Waals surface area contributed by atoms with Gasteiger partial charge in [-0.2, -0.15) is 0 Å². The summed E-state index contributed by atoms with van der Waals surface area (Å²) < 4.78 is 10.3. The first kappa shape index (κ1) is 19.1. The molecule has 0 aliphatic carbocycles. The second-order valence-electron chi connectivity index (χ2n) is 5.07. The first-order valence-corrected chi connectivity index (χ1v) is 8.84. The molecule has 1 aromatic carbocycles. The Balaban J connectivity index is 1.82. The smallest absolute Gasteiger partial charge is 0.261 e. The van der Waals surface area contributed by atoms with E-state index < -0.39 is 0 Å². The van der Waals surface area contributed by atoms with Gasteiger partial charge >= 0.3 is 0 Å². The summed E-state index contributed by atoms with van der Waals surface area (Å²) in [6, 6.07) is 6.77. The van der Waals surface area contributed by atoms with Crippen LogP contribution in [0.2, 0.25) is 5.02 Å². The highest BCUT2D eigenvalue weighted by Gasteiger charge is 2.12. The van der Waals surface area contributed by atoms with E-state index in [1.54, 1.807) is 18.2 Å². The molecule has 0 saturated carbocycles. The maximum atomic E-state index is 12.1. The predicted molar refractivity (Wildman–Crippen MR) is 99.1 cm³/mol. The van der Waals surface area contributed by atoms with Crippen molar-refractivity contribution in [2.24, 2.45) is 0 Å². The van der Waals surface area contributed by atoms with E-state index >= 15 is 0 Å². The molecule has 0 unspecified atom stereocenters. The van der Waals surface area contributed by atoms with Gasteiger partial charge < -0.3 is 20.1 Å². The quantitative estimate of drug-likeness (QED) is 0.684. The maximum absolute atomic E-state index is 12.1. The summed E-state index contributed by atoms with van der Waals surface area (Å²) in [7, 11) is 3.00. The number of benzene rings is 1. The van der Waals surface area contributed by atoms with Gasteiger partial charge in [0.1, 0.15) is 11.5 Å². The van der Waals surface area contributed by atoms with Crippen molar-refractivity contribution in [3.8, 4) is 11.5 Å². The van der Waals surface area contributed by atoms with Crippen LogP contribution >= 0.6 is 22.9 Å². The number of amides is 2. The number of thiophene rings is 1. The highest BCUT2D eigenvalue weighted by atomic mass is 35.5. The summed E-state index contributed by atoms with van der Waals surface area (Å²) >= 11 is 7.45. The SMILES string of the molecule is COc1cc(OC)c(NC(=O)CCCNC(=O)c2cccs2)cc1Cl. The first-order chi connectivity index (χ1) is 12.0. The van der Waals surface area contributed by atoms with Crippen LogP contribution in [0.1, 0.15) is 22.5 Å². The fraction of sp³-hybridized carbons (Fsp3) is 0.294. The molecule has 0 aliphatic heterocycles. The molecular formula is C17H19ClN2O4S. The average Bonchev–Trinajstić information content (AvgIpc) is 3.13. The molecule has 0 spiro atoms. The van der Waals surface area contributed by atoms with Crippen LogP contribution in [0.4, 0.5) is 5.69 Å². The highest BCUT2D eigenvalue weighted by Crippen LogP contribution is 2.35. The Kier molecular flexibility index (Phi) is 7.09. The van der Waals surface area contributed by atoms with E-state index in [2.05, 4.69) is 10.6 Å². The molecule has 0 bridgehead atoms. The van der Waals surface area contributed by atoms with Crippen LogP contribution in [0, 0.1) is 0 Å². The molecule has 0 atom stereocenters. The normalized spacial score (nSPS) is 10.2. The van der Waals surface area contributed by atoms with Gasteiger partial charge in [0.05, 0.1) is 29.8 Å². The lowest BCUT2D eigenvalue weighted by Gasteiger charge is -2.13. The summed E-state index contributed by atoms with van der Waals surface area (Å²) in [5.41, 5.74) is 0.473. The third kappa shape index (κ3) is 5.37. The zero-order valence-corrected chi connectivity index (χ0v) is 15.5. The van der Waals surface area contributed by atoms with E-state index in [1.807, 2.05) is 11.4 Å².